The Bertz CT molecular complexity index is 539. The molecule has 0 saturated heterocycles. The number of hydrogen-bond donors (Lipinski definition) is 2. The fourth-order valence-corrected chi connectivity index (χ4v) is 1.66. The number of hydrogen-bond acceptors (Lipinski definition) is 3. The molecule has 2 rings (SSSR count). The van der Waals surface area contributed by atoms with Crippen molar-refractivity contribution < 1.29 is 4.79 Å². The molecule has 17 heavy (non-hydrogen) atoms. The number of carbonyl (C=O) groups is 1. The fraction of sp³-hybridized carbons (Fsp3) is 0.167. The molecule has 5 heteroatoms. The van der Waals surface area contributed by atoms with Gasteiger partial charge in [0.25, 0.3) is 5.91 Å². The molecule has 1 aromatic carbocycles. The first kappa shape index (κ1) is 11.2. The second kappa shape index (κ2) is 4.29. The molecule has 0 bridgehead atoms. The van der Waals surface area contributed by atoms with E-state index >= 15 is 0 Å². The zero-order chi connectivity index (χ0) is 12.4. The Morgan fingerprint density at radius 2 is 2.18 bits per heavy atom. The molecule has 0 radical (unpaired) electrons. The first-order valence-electron chi connectivity index (χ1n) is 5.24. The van der Waals surface area contributed by atoms with Crippen LogP contribution in [0.4, 0.5) is 11.5 Å². The fourth-order valence-electron chi connectivity index (χ4n) is 1.66. The molecule has 0 aliphatic rings. The van der Waals surface area contributed by atoms with Crippen LogP contribution in [0.3, 0.4) is 0 Å². The van der Waals surface area contributed by atoms with E-state index in [1.54, 1.807) is 30.1 Å². The third kappa shape index (κ3) is 2.28. The largest absolute Gasteiger partial charge is 0.398 e. The molecule has 1 amide bonds. The highest BCUT2D eigenvalue weighted by molar-refractivity contribution is 6.08. The van der Waals surface area contributed by atoms with Crippen molar-refractivity contribution in [2.75, 3.05) is 11.1 Å². The summed E-state index contributed by atoms with van der Waals surface area (Å²) >= 11 is 0. The second-order valence-electron chi connectivity index (χ2n) is 3.87. The summed E-state index contributed by atoms with van der Waals surface area (Å²) in [5.41, 5.74) is 7.61. The zero-order valence-electron chi connectivity index (χ0n) is 9.77. The third-order valence-electron chi connectivity index (χ3n) is 2.49. The van der Waals surface area contributed by atoms with Crippen molar-refractivity contribution in [3.05, 3.63) is 41.6 Å². The molecular weight excluding hydrogens is 216 g/mol. The van der Waals surface area contributed by atoms with Gasteiger partial charge in [0.1, 0.15) is 0 Å². The Morgan fingerprint density at radius 3 is 2.76 bits per heavy atom. The van der Waals surface area contributed by atoms with Crippen LogP contribution in [0.15, 0.2) is 30.5 Å². The minimum absolute atomic E-state index is 0.237. The molecule has 88 valence electrons. The number of rotatable bonds is 2. The van der Waals surface area contributed by atoms with Gasteiger partial charge in [-0.05, 0) is 18.6 Å². The molecule has 0 unspecified atom stereocenters. The molecule has 1 aromatic heterocycles. The van der Waals surface area contributed by atoms with Crippen LogP contribution in [0.25, 0.3) is 0 Å². The maximum atomic E-state index is 12.0. The van der Waals surface area contributed by atoms with E-state index in [4.69, 9.17) is 5.73 Å². The lowest BCUT2D eigenvalue weighted by Gasteiger charge is -2.08. The smallest absolute Gasteiger partial charge is 0.259 e. The average molecular weight is 230 g/mol. The number of aryl methyl sites for hydroxylation is 2. The first-order valence-corrected chi connectivity index (χ1v) is 5.24. The number of nitrogens with two attached hydrogens (primary N) is 1. The molecule has 0 aliphatic carbocycles. The third-order valence-corrected chi connectivity index (χ3v) is 2.49. The van der Waals surface area contributed by atoms with Gasteiger partial charge in [0.2, 0.25) is 0 Å². The van der Waals surface area contributed by atoms with Crippen molar-refractivity contribution in [2.45, 2.75) is 6.92 Å². The topological polar surface area (TPSA) is 72.9 Å². The molecule has 0 fully saturated rings. The van der Waals surface area contributed by atoms with Crippen LogP contribution in [0.2, 0.25) is 0 Å². The van der Waals surface area contributed by atoms with Crippen molar-refractivity contribution in [1.29, 1.82) is 0 Å². The first-order chi connectivity index (χ1) is 8.08. The van der Waals surface area contributed by atoms with Crippen molar-refractivity contribution in [1.82, 2.24) is 9.78 Å². The van der Waals surface area contributed by atoms with Crippen molar-refractivity contribution in [2.24, 2.45) is 7.05 Å². The SMILES string of the molecule is Cc1cccc(N)c1C(=O)Nc1ccn(C)n1. The maximum Gasteiger partial charge on any atom is 0.259 e. The van der Waals surface area contributed by atoms with Crippen molar-refractivity contribution >= 4 is 17.4 Å². The summed E-state index contributed by atoms with van der Waals surface area (Å²) in [5.74, 6) is 0.277. The number of nitrogens with one attached hydrogen (secondary N) is 1. The van der Waals surface area contributed by atoms with Crippen LogP contribution in [-0.4, -0.2) is 15.7 Å². The van der Waals surface area contributed by atoms with Crippen LogP contribution in [-0.2, 0) is 7.05 Å². The zero-order valence-corrected chi connectivity index (χ0v) is 9.77. The highest BCUT2D eigenvalue weighted by Crippen LogP contribution is 2.17. The van der Waals surface area contributed by atoms with Crippen LogP contribution < -0.4 is 11.1 Å². The number of nitrogens with zero attached hydrogens (tertiary/aromatic N) is 2. The number of anilines is 2. The van der Waals surface area contributed by atoms with Crippen LogP contribution in [0.5, 0.6) is 0 Å². The van der Waals surface area contributed by atoms with E-state index in [0.29, 0.717) is 17.1 Å². The van der Waals surface area contributed by atoms with E-state index in [2.05, 4.69) is 10.4 Å². The molecule has 0 saturated carbocycles. The molecule has 3 N–H and O–H groups in total. The van der Waals surface area contributed by atoms with E-state index < -0.39 is 0 Å². The molecule has 5 nitrogen and oxygen atoms in total. The Morgan fingerprint density at radius 1 is 1.41 bits per heavy atom. The predicted molar refractivity (Wildman–Crippen MR) is 66.8 cm³/mol. The number of nitrogen functional groups attached to an aromatic ring is 1. The van der Waals surface area contributed by atoms with Gasteiger partial charge in [-0.2, -0.15) is 5.10 Å². The molecule has 2 aromatic rings. The number of carbonyl (C=O) groups excluding carboxylic acids is 1. The van der Waals surface area contributed by atoms with E-state index in [9.17, 15) is 4.79 Å². The summed E-state index contributed by atoms with van der Waals surface area (Å²) < 4.78 is 1.62. The van der Waals surface area contributed by atoms with Crippen LogP contribution in [0.1, 0.15) is 15.9 Å². The number of amides is 1. The summed E-state index contributed by atoms with van der Waals surface area (Å²) in [6.45, 7) is 1.85. The Labute approximate surface area is 99.2 Å². The average Bonchev–Trinajstić information content (AvgIpc) is 2.63. The van der Waals surface area contributed by atoms with Gasteiger partial charge < -0.3 is 11.1 Å². The number of benzene rings is 1. The monoisotopic (exact) mass is 230 g/mol. The minimum atomic E-state index is -0.237. The van der Waals surface area contributed by atoms with E-state index in [-0.39, 0.29) is 5.91 Å². The van der Waals surface area contributed by atoms with E-state index in [0.717, 1.165) is 5.56 Å². The van der Waals surface area contributed by atoms with Gasteiger partial charge in [0.15, 0.2) is 5.82 Å². The Balaban J connectivity index is 2.26. The lowest BCUT2D eigenvalue weighted by atomic mass is 10.1. The molecule has 1 heterocycles. The maximum absolute atomic E-state index is 12.0. The Hall–Kier alpha value is -2.30. The van der Waals surface area contributed by atoms with E-state index in [1.807, 2.05) is 19.1 Å². The summed E-state index contributed by atoms with van der Waals surface area (Å²) in [4.78, 5) is 12.0. The normalized spacial score (nSPS) is 10.2. The van der Waals surface area contributed by atoms with Crippen LogP contribution >= 0.6 is 0 Å². The Kier molecular flexibility index (Phi) is 2.82. The lowest BCUT2D eigenvalue weighted by molar-refractivity contribution is 0.102. The minimum Gasteiger partial charge on any atom is -0.398 e. The van der Waals surface area contributed by atoms with E-state index in [1.165, 1.54) is 0 Å². The van der Waals surface area contributed by atoms with Gasteiger partial charge in [-0.3, -0.25) is 9.48 Å². The molecule has 0 atom stereocenters. The summed E-state index contributed by atoms with van der Waals surface area (Å²) in [5, 5.41) is 6.79. The quantitative estimate of drug-likeness (QED) is 0.769. The van der Waals surface area contributed by atoms with Crippen molar-refractivity contribution in [3.63, 3.8) is 0 Å². The van der Waals surface area contributed by atoms with Gasteiger partial charge in [0.05, 0.1) is 5.56 Å². The van der Waals surface area contributed by atoms with Crippen LogP contribution in [0, 0.1) is 6.92 Å². The van der Waals surface area contributed by atoms with Gasteiger partial charge in [0, 0.05) is 25.0 Å². The highest BCUT2D eigenvalue weighted by atomic mass is 16.1. The summed E-state index contributed by atoms with van der Waals surface area (Å²) in [7, 11) is 1.79. The second-order valence-corrected chi connectivity index (χ2v) is 3.87. The molecule has 0 aliphatic heterocycles. The number of aromatic nitrogens is 2. The standard InChI is InChI=1S/C12H14N4O/c1-8-4-3-5-9(13)11(8)12(17)14-10-6-7-16(2)15-10/h3-7H,13H2,1-2H3,(H,14,15,17). The lowest BCUT2D eigenvalue weighted by Crippen LogP contribution is -2.16. The van der Waals surface area contributed by atoms with Gasteiger partial charge >= 0.3 is 0 Å². The summed E-state index contributed by atoms with van der Waals surface area (Å²) in [6, 6.07) is 7.11. The molecule has 0 spiro atoms. The van der Waals surface area contributed by atoms with Gasteiger partial charge in [-0.15, -0.1) is 0 Å². The van der Waals surface area contributed by atoms with Crippen molar-refractivity contribution in [3.8, 4) is 0 Å². The highest BCUT2D eigenvalue weighted by Gasteiger charge is 2.13. The van der Waals surface area contributed by atoms with Gasteiger partial charge in [-0.25, -0.2) is 0 Å². The summed E-state index contributed by atoms with van der Waals surface area (Å²) in [6.07, 6.45) is 1.76. The predicted octanol–water partition coefficient (Wildman–Crippen LogP) is 1.56. The van der Waals surface area contributed by atoms with Gasteiger partial charge in [-0.1, -0.05) is 12.1 Å². The molecular formula is C12H14N4O.